The molecule has 0 aliphatic carbocycles. The maximum Gasteiger partial charge on any atom is 0.421 e. The Bertz CT molecular complexity index is 1400. The van der Waals surface area contributed by atoms with Crippen molar-refractivity contribution >= 4 is 35.7 Å². The molecule has 0 amide bonds. The SMILES string of the molecule is CC(C)c1cccc(C(C)C)c1-n1cc[n+](C)c1B1C=c2c(oc3ccccc23)=CN1C. The molecule has 32 heavy (non-hydrogen) atoms. The number of aromatic nitrogens is 2. The van der Waals surface area contributed by atoms with E-state index in [1.165, 1.54) is 33.1 Å². The molecule has 0 radical (unpaired) electrons. The number of nitrogens with zero attached hydrogens (tertiary/aromatic N) is 3. The van der Waals surface area contributed by atoms with Gasteiger partial charge in [-0.1, -0.05) is 70.1 Å². The van der Waals surface area contributed by atoms with Gasteiger partial charge in [-0.2, -0.15) is 0 Å². The van der Waals surface area contributed by atoms with Gasteiger partial charge >= 0.3 is 6.85 Å². The molecule has 0 saturated carbocycles. The molecule has 0 bridgehead atoms. The highest BCUT2D eigenvalue weighted by molar-refractivity contribution is 6.82. The predicted molar refractivity (Wildman–Crippen MR) is 133 cm³/mol. The van der Waals surface area contributed by atoms with Crippen molar-refractivity contribution < 1.29 is 8.98 Å². The largest absolute Gasteiger partial charge is 0.455 e. The summed E-state index contributed by atoms with van der Waals surface area (Å²) in [6, 6.07) is 15.0. The second-order valence-electron chi connectivity index (χ2n) is 9.51. The monoisotopic (exact) mass is 424 g/mol. The van der Waals surface area contributed by atoms with E-state index in [4.69, 9.17) is 4.42 Å². The summed E-state index contributed by atoms with van der Waals surface area (Å²) in [6.07, 6.45) is 6.52. The zero-order valence-electron chi connectivity index (χ0n) is 19.8. The summed E-state index contributed by atoms with van der Waals surface area (Å²) in [4.78, 5) is 2.25. The smallest absolute Gasteiger partial charge is 0.421 e. The third kappa shape index (κ3) is 3.19. The summed E-state index contributed by atoms with van der Waals surface area (Å²) < 4.78 is 10.8. The summed E-state index contributed by atoms with van der Waals surface area (Å²) in [5.41, 5.74) is 7.17. The number of para-hydroxylation sites is 2. The van der Waals surface area contributed by atoms with E-state index < -0.39 is 0 Å². The van der Waals surface area contributed by atoms with Crippen LogP contribution >= 0.6 is 0 Å². The molecular weight excluding hydrogens is 393 g/mol. The van der Waals surface area contributed by atoms with Crippen molar-refractivity contribution in [1.29, 1.82) is 0 Å². The van der Waals surface area contributed by atoms with E-state index in [1.807, 2.05) is 12.1 Å². The Kier molecular flexibility index (Phi) is 5.00. The molecule has 0 unspecified atom stereocenters. The fourth-order valence-corrected chi connectivity index (χ4v) is 4.97. The molecule has 4 nitrogen and oxygen atoms in total. The van der Waals surface area contributed by atoms with Crippen LogP contribution in [0, 0.1) is 0 Å². The maximum atomic E-state index is 6.13. The highest BCUT2D eigenvalue weighted by atomic mass is 16.3. The zero-order chi connectivity index (χ0) is 22.6. The minimum Gasteiger partial charge on any atom is -0.455 e. The lowest BCUT2D eigenvalue weighted by Crippen LogP contribution is -2.62. The summed E-state index contributed by atoms with van der Waals surface area (Å²) in [5, 5.41) is 2.35. The molecule has 0 fully saturated rings. The van der Waals surface area contributed by atoms with Crippen molar-refractivity contribution in [3.8, 4) is 5.69 Å². The molecule has 0 atom stereocenters. The molecule has 3 heterocycles. The van der Waals surface area contributed by atoms with E-state index in [0.29, 0.717) is 11.8 Å². The topological polar surface area (TPSA) is 25.2 Å². The van der Waals surface area contributed by atoms with E-state index in [-0.39, 0.29) is 6.85 Å². The lowest BCUT2D eigenvalue weighted by Gasteiger charge is -2.23. The van der Waals surface area contributed by atoms with Crippen molar-refractivity contribution in [3.63, 3.8) is 0 Å². The summed E-state index contributed by atoms with van der Waals surface area (Å²) in [6.45, 7) is 9.21. The fourth-order valence-electron chi connectivity index (χ4n) is 4.97. The van der Waals surface area contributed by atoms with Gasteiger partial charge in [-0.15, -0.1) is 0 Å². The molecule has 4 aromatic rings. The Labute approximate surface area is 190 Å². The number of benzene rings is 2. The molecule has 5 heteroatoms. The van der Waals surface area contributed by atoms with E-state index >= 15 is 0 Å². The van der Waals surface area contributed by atoms with Crippen molar-refractivity contribution in [3.05, 3.63) is 76.6 Å². The minimum atomic E-state index is 0.0868. The van der Waals surface area contributed by atoms with Crippen LogP contribution < -0.4 is 20.9 Å². The lowest BCUT2D eigenvalue weighted by atomic mass is 9.57. The van der Waals surface area contributed by atoms with Crippen LogP contribution in [-0.2, 0) is 7.05 Å². The number of hydrogen-bond acceptors (Lipinski definition) is 2. The molecule has 162 valence electrons. The average Bonchev–Trinajstić information content (AvgIpc) is 3.32. The van der Waals surface area contributed by atoms with Crippen molar-refractivity contribution in [1.82, 2.24) is 9.38 Å². The van der Waals surface area contributed by atoms with Crippen molar-refractivity contribution in [2.45, 2.75) is 39.5 Å². The number of hydrogen-bond donors (Lipinski definition) is 0. The highest BCUT2D eigenvalue weighted by Gasteiger charge is 2.36. The van der Waals surface area contributed by atoms with E-state index in [2.05, 4.69) is 111 Å². The first-order valence-electron chi connectivity index (χ1n) is 11.5. The molecule has 0 N–H and O–H groups in total. The predicted octanol–water partition coefficient (Wildman–Crippen LogP) is 3.20. The zero-order valence-corrected chi connectivity index (χ0v) is 19.8. The Hall–Kier alpha value is -3.21. The van der Waals surface area contributed by atoms with Crippen molar-refractivity contribution in [2.75, 3.05) is 7.05 Å². The number of fused-ring (bicyclic) bond motifs is 3. The first kappa shape index (κ1) is 20.7. The normalized spacial score (nSPS) is 13.6. The van der Waals surface area contributed by atoms with Crippen molar-refractivity contribution in [2.24, 2.45) is 7.05 Å². The van der Waals surface area contributed by atoms with Gasteiger partial charge < -0.3 is 9.23 Å². The number of furan rings is 1. The van der Waals surface area contributed by atoms with Crippen LogP contribution in [0.4, 0.5) is 0 Å². The third-order valence-electron chi connectivity index (χ3n) is 6.64. The molecule has 1 aliphatic heterocycles. The molecule has 2 aromatic heterocycles. The molecule has 0 spiro atoms. The number of rotatable bonds is 4. The fraction of sp³-hybridized carbons (Fsp3) is 0.296. The summed E-state index contributed by atoms with van der Waals surface area (Å²) >= 11 is 0. The van der Waals surface area contributed by atoms with Crippen LogP contribution in [-0.4, -0.2) is 23.3 Å². The summed E-state index contributed by atoms with van der Waals surface area (Å²) in [7, 11) is 4.27. The minimum absolute atomic E-state index is 0.0868. The Morgan fingerprint density at radius 1 is 0.938 bits per heavy atom. The van der Waals surface area contributed by atoms with Gasteiger partial charge in [-0.3, -0.25) is 0 Å². The van der Waals surface area contributed by atoms with Gasteiger partial charge in [0.2, 0.25) is 5.72 Å². The lowest BCUT2D eigenvalue weighted by molar-refractivity contribution is -0.653. The van der Waals surface area contributed by atoms with E-state index in [0.717, 1.165) is 11.0 Å². The number of imidazole rings is 1. The Morgan fingerprint density at radius 2 is 1.62 bits per heavy atom. The van der Waals surface area contributed by atoms with Gasteiger partial charge in [-0.05, 0) is 24.9 Å². The van der Waals surface area contributed by atoms with Gasteiger partial charge in [0.25, 0.3) is 0 Å². The standard InChI is InChI=1S/C27H31BN3O/c1-18(2)20-11-9-12-21(19(3)4)26(20)31-15-14-29(5)27(31)28-16-23-22-10-7-8-13-24(22)32-25(23)17-30(28)6/h7-19H,1-6H3/q+1. The molecule has 1 aliphatic rings. The van der Waals surface area contributed by atoms with Gasteiger partial charge in [-0.25, -0.2) is 9.13 Å². The van der Waals surface area contributed by atoms with Crippen LogP contribution in [0.1, 0.15) is 50.7 Å². The van der Waals surface area contributed by atoms with Crippen LogP contribution in [0.25, 0.3) is 28.8 Å². The maximum absolute atomic E-state index is 6.13. The van der Waals surface area contributed by atoms with Crippen LogP contribution in [0.2, 0.25) is 0 Å². The summed E-state index contributed by atoms with van der Waals surface area (Å²) in [5.74, 6) is 3.22. The van der Waals surface area contributed by atoms with Gasteiger partial charge in [0.05, 0.1) is 7.05 Å². The quantitative estimate of drug-likeness (QED) is 0.372. The molecule has 5 rings (SSSR count). The Balaban J connectivity index is 1.77. The van der Waals surface area contributed by atoms with Gasteiger partial charge in [0, 0.05) is 27.9 Å². The van der Waals surface area contributed by atoms with E-state index in [9.17, 15) is 0 Å². The van der Waals surface area contributed by atoms with E-state index in [1.54, 1.807) is 0 Å². The Morgan fingerprint density at radius 3 is 2.31 bits per heavy atom. The second kappa shape index (κ2) is 7.73. The molecule has 0 saturated heterocycles. The van der Waals surface area contributed by atoms with Crippen LogP contribution in [0.5, 0.6) is 0 Å². The van der Waals surface area contributed by atoms with Gasteiger partial charge in [0.15, 0.2) is 0 Å². The first-order chi connectivity index (χ1) is 15.4. The van der Waals surface area contributed by atoms with Crippen LogP contribution in [0.3, 0.4) is 0 Å². The number of aryl methyl sites for hydroxylation is 1. The highest BCUT2D eigenvalue weighted by Crippen LogP contribution is 2.30. The molecule has 2 aromatic carbocycles. The van der Waals surface area contributed by atoms with Crippen LogP contribution in [0.15, 0.2) is 59.3 Å². The first-order valence-corrected chi connectivity index (χ1v) is 11.5. The third-order valence-corrected chi connectivity index (χ3v) is 6.64. The second-order valence-corrected chi connectivity index (χ2v) is 9.51. The average molecular weight is 424 g/mol. The molecular formula is C27H31BN3O+. The van der Waals surface area contributed by atoms with Gasteiger partial charge in [0.1, 0.15) is 29.1 Å².